The summed E-state index contributed by atoms with van der Waals surface area (Å²) in [5, 5.41) is 10.5. The SMILES string of the molecule is Cc1cc(Cl)cc(Cn2cncc2CC(C(=O)O)N2COC(=O)C2CC(C)C)c1. The number of rotatable bonds is 8. The zero-order valence-electron chi connectivity index (χ0n) is 16.8. The van der Waals surface area contributed by atoms with Gasteiger partial charge in [-0.3, -0.25) is 9.59 Å². The van der Waals surface area contributed by atoms with Crippen molar-refractivity contribution in [2.75, 3.05) is 6.73 Å². The minimum absolute atomic E-state index is 0.00515. The topological polar surface area (TPSA) is 84.7 Å². The number of carbonyl (C=O) groups is 2. The summed E-state index contributed by atoms with van der Waals surface area (Å²) in [4.78, 5) is 30.0. The summed E-state index contributed by atoms with van der Waals surface area (Å²) in [7, 11) is 0. The van der Waals surface area contributed by atoms with Gasteiger partial charge in [0.1, 0.15) is 18.8 Å². The van der Waals surface area contributed by atoms with E-state index in [1.165, 1.54) is 0 Å². The second-order valence-electron chi connectivity index (χ2n) is 7.96. The van der Waals surface area contributed by atoms with Gasteiger partial charge in [-0.25, -0.2) is 9.88 Å². The molecule has 0 spiro atoms. The molecule has 1 aliphatic rings. The van der Waals surface area contributed by atoms with E-state index in [2.05, 4.69) is 4.98 Å². The van der Waals surface area contributed by atoms with Crippen LogP contribution in [-0.2, 0) is 27.3 Å². The lowest BCUT2D eigenvalue weighted by Gasteiger charge is -2.27. The van der Waals surface area contributed by atoms with Gasteiger partial charge < -0.3 is 14.4 Å². The summed E-state index contributed by atoms with van der Waals surface area (Å²) < 4.78 is 7.08. The van der Waals surface area contributed by atoms with Crippen LogP contribution in [0.2, 0.25) is 5.02 Å². The van der Waals surface area contributed by atoms with E-state index in [-0.39, 0.29) is 25.0 Å². The quantitative estimate of drug-likeness (QED) is 0.662. The van der Waals surface area contributed by atoms with Crippen LogP contribution in [0.25, 0.3) is 0 Å². The van der Waals surface area contributed by atoms with Crippen molar-refractivity contribution >= 4 is 23.5 Å². The van der Waals surface area contributed by atoms with Gasteiger partial charge in [0, 0.05) is 29.9 Å². The lowest BCUT2D eigenvalue weighted by molar-refractivity contribution is -0.144. The molecule has 1 aromatic carbocycles. The normalized spacial score (nSPS) is 18.2. The van der Waals surface area contributed by atoms with Gasteiger partial charge in [-0.05, 0) is 42.5 Å². The molecule has 0 saturated carbocycles. The zero-order chi connectivity index (χ0) is 21.1. The average molecular weight is 420 g/mol. The highest BCUT2D eigenvalue weighted by Gasteiger charge is 2.42. The van der Waals surface area contributed by atoms with Crippen LogP contribution < -0.4 is 0 Å². The Labute approximate surface area is 175 Å². The number of aromatic nitrogens is 2. The smallest absolute Gasteiger partial charge is 0.324 e. The third-order valence-electron chi connectivity index (χ3n) is 5.06. The molecule has 1 aromatic heterocycles. The van der Waals surface area contributed by atoms with Gasteiger partial charge in [0.15, 0.2) is 0 Å². The first-order valence-corrected chi connectivity index (χ1v) is 10.0. The molecule has 2 atom stereocenters. The Morgan fingerprint density at radius 3 is 2.79 bits per heavy atom. The number of benzene rings is 1. The summed E-state index contributed by atoms with van der Waals surface area (Å²) >= 11 is 6.16. The first-order valence-electron chi connectivity index (χ1n) is 9.65. The number of esters is 1. The van der Waals surface area contributed by atoms with Crippen LogP contribution in [0.1, 0.15) is 37.1 Å². The maximum atomic E-state index is 12.1. The van der Waals surface area contributed by atoms with Crippen LogP contribution in [0.3, 0.4) is 0 Å². The number of carboxylic acid groups (broad SMARTS) is 1. The number of carboxylic acids is 1. The van der Waals surface area contributed by atoms with E-state index < -0.39 is 18.1 Å². The monoisotopic (exact) mass is 419 g/mol. The fourth-order valence-corrected chi connectivity index (χ4v) is 4.06. The molecule has 1 fully saturated rings. The Morgan fingerprint density at radius 1 is 1.38 bits per heavy atom. The third-order valence-corrected chi connectivity index (χ3v) is 5.28. The highest BCUT2D eigenvalue weighted by molar-refractivity contribution is 6.30. The van der Waals surface area contributed by atoms with Crippen molar-refractivity contribution in [3.05, 3.63) is 52.6 Å². The molecule has 1 saturated heterocycles. The molecule has 1 N–H and O–H groups in total. The number of imidazole rings is 1. The molecule has 0 bridgehead atoms. The summed E-state index contributed by atoms with van der Waals surface area (Å²) in [5.41, 5.74) is 2.85. The van der Waals surface area contributed by atoms with Crippen molar-refractivity contribution in [3.63, 3.8) is 0 Å². The second-order valence-corrected chi connectivity index (χ2v) is 8.40. The Bertz CT molecular complexity index is 876. The predicted octanol–water partition coefficient (Wildman–Crippen LogP) is 3.12. The van der Waals surface area contributed by atoms with Crippen molar-refractivity contribution in [1.82, 2.24) is 14.5 Å². The maximum Gasteiger partial charge on any atom is 0.324 e. The van der Waals surface area contributed by atoms with E-state index in [1.54, 1.807) is 17.4 Å². The fourth-order valence-electron chi connectivity index (χ4n) is 3.75. The molecule has 7 nitrogen and oxygen atoms in total. The number of aliphatic carboxylic acids is 1. The zero-order valence-corrected chi connectivity index (χ0v) is 17.6. The number of carbonyl (C=O) groups excluding carboxylic acids is 1. The predicted molar refractivity (Wildman–Crippen MR) is 109 cm³/mol. The number of halogens is 1. The van der Waals surface area contributed by atoms with Crippen LogP contribution in [0, 0.1) is 12.8 Å². The molecule has 0 radical (unpaired) electrons. The minimum atomic E-state index is -0.983. The van der Waals surface area contributed by atoms with Crippen molar-refractivity contribution in [2.45, 2.75) is 52.2 Å². The summed E-state index contributed by atoms with van der Waals surface area (Å²) in [5.74, 6) is -1.09. The van der Waals surface area contributed by atoms with Crippen molar-refractivity contribution in [3.8, 4) is 0 Å². The fraction of sp³-hybridized carbons (Fsp3) is 0.476. The second kappa shape index (κ2) is 8.97. The summed E-state index contributed by atoms with van der Waals surface area (Å²) in [6, 6.07) is 4.40. The minimum Gasteiger partial charge on any atom is -0.480 e. The Balaban J connectivity index is 1.81. The highest BCUT2D eigenvalue weighted by Crippen LogP contribution is 2.24. The average Bonchev–Trinajstić information content (AvgIpc) is 3.18. The van der Waals surface area contributed by atoms with Crippen molar-refractivity contribution in [2.24, 2.45) is 5.92 Å². The largest absolute Gasteiger partial charge is 0.480 e. The number of hydrogen-bond acceptors (Lipinski definition) is 5. The number of cyclic esters (lactones) is 1. The lowest BCUT2D eigenvalue weighted by Crippen LogP contribution is -2.47. The van der Waals surface area contributed by atoms with Crippen molar-refractivity contribution in [1.29, 1.82) is 0 Å². The highest BCUT2D eigenvalue weighted by atomic mass is 35.5. The van der Waals surface area contributed by atoms with E-state index in [1.807, 2.05) is 43.5 Å². The third kappa shape index (κ3) is 5.16. The molecule has 8 heteroatoms. The maximum absolute atomic E-state index is 12.1. The standard InChI is InChI=1S/C21H26ClN3O4/c1-13(2)4-19-21(28)29-12-25(19)18(20(26)27)8-17-9-23-11-24(17)10-15-5-14(3)6-16(22)7-15/h5-7,9,11,13,18-19H,4,8,10,12H2,1-3H3,(H,26,27). The van der Waals surface area contributed by atoms with Crippen LogP contribution in [0.15, 0.2) is 30.7 Å². The van der Waals surface area contributed by atoms with Gasteiger partial charge in [-0.1, -0.05) is 31.5 Å². The Kier molecular flexibility index (Phi) is 6.59. The molecule has 1 aliphatic heterocycles. The molecule has 0 aliphatic carbocycles. The Hall–Kier alpha value is -2.38. The molecule has 3 rings (SSSR count). The first kappa shape index (κ1) is 21.3. The van der Waals surface area contributed by atoms with Crippen LogP contribution in [-0.4, -0.2) is 50.3 Å². The van der Waals surface area contributed by atoms with E-state index in [9.17, 15) is 14.7 Å². The molecule has 156 valence electrons. The molecule has 2 heterocycles. The van der Waals surface area contributed by atoms with Gasteiger partial charge in [-0.2, -0.15) is 0 Å². The Morgan fingerprint density at radius 2 is 2.14 bits per heavy atom. The number of hydrogen-bond donors (Lipinski definition) is 1. The van der Waals surface area contributed by atoms with Gasteiger partial charge in [0.2, 0.25) is 0 Å². The van der Waals surface area contributed by atoms with Gasteiger partial charge in [-0.15, -0.1) is 0 Å². The molecule has 2 unspecified atom stereocenters. The van der Waals surface area contributed by atoms with E-state index >= 15 is 0 Å². The van der Waals surface area contributed by atoms with Crippen LogP contribution in [0.4, 0.5) is 0 Å². The molecule has 2 aromatic rings. The van der Waals surface area contributed by atoms with E-state index in [4.69, 9.17) is 16.3 Å². The molecular formula is C21H26ClN3O4. The van der Waals surface area contributed by atoms with Gasteiger partial charge in [0.05, 0.1) is 6.33 Å². The summed E-state index contributed by atoms with van der Waals surface area (Å²) in [6.45, 7) is 6.51. The van der Waals surface area contributed by atoms with Crippen LogP contribution in [0.5, 0.6) is 0 Å². The van der Waals surface area contributed by atoms with E-state index in [0.29, 0.717) is 18.0 Å². The number of nitrogens with zero attached hydrogens (tertiary/aromatic N) is 3. The summed E-state index contributed by atoms with van der Waals surface area (Å²) in [6.07, 6.45) is 4.13. The molecule has 0 amide bonds. The van der Waals surface area contributed by atoms with E-state index in [0.717, 1.165) is 16.8 Å². The van der Waals surface area contributed by atoms with Gasteiger partial charge >= 0.3 is 11.9 Å². The van der Waals surface area contributed by atoms with Crippen molar-refractivity contribution < 1.29 is 19.4 Å². The first-order chi connectivity index (χ1) is 13.7. The number of aryl methyl sites for hydroxylation is 1. The van der Waals surface area contributed by atoms with Gasteiger partial charge in [0.25, 0.3) is 0 Å². The molecular weight excluding hydrogens is 394 g/mol. The lowest BCUT2D eigenvalue weighted by atomic mass is 10.0. The van der Waals surface area contributed by atoms with Crippen LogP contribution >= 0.6 is 11.6 Å². The number of ether oxygens (including phenoxy) is 1. The molecule has 29 heavy (non-hydrogen) atoms.